The lowest BCUT2D eigenvalue weighted by Crippen LogP contribution is -2.43. The predicted octanol–water partition coefficient (Wildman–Crippen LogP) is 3.53. The molecule has 0 aromatic carbocycles. The molecular weight excluding hydrogens is 396 g/mol. The van der Waals surface area contributed by atoms with E-state index in [4.69, 9.17) is 9.84 Å². The molecule has 2 aliphatic heterocycles. The first-order valence-corrected chi connectivity index (χ1v) is 12.1. The van der Waals surface area contributed by atoms with Gasteiger partial charge in [-0.3, -0.25) is 14.4 Å². The molecule has 2 aliphatic rings. The van der Waals surface area contributed by atoms with Crippen LogP contribution >= 0.6 is 0 Å². The van der Waals surface area contributed by atoms with Crippen LogP contribution in [0.4, 0.5) is 0 Å². The quantitative estimate of drug-likeness (QED) is 0.247. The molecule has 2 N–H and O–H groups in total. The number of rotatable bonds is 14. The molecule has 176 valence electrons. The summed E-state index contributed by atoms with van der Waals surface area (Å²) in [5, 5.41) is 11.5. The molecule has 2 saturated heterocycles. The van der Waals surface area contributed by atoms with Crippen LogP contribution in [0, 0.1) is 11.8 Å². The number of carbonyl (C=O) groups excluding carboxylic acids is 2. The molecule has 0 spiro atoms. The topological polar surface area (TPSA) is 95.9 Å². The van der Waals surface area contributed by atoms with Gasteiger partial charge in [0, 0.05) is 26.1 Å². The Labute approximate surface area is 186 Å². The molecule has 31 heavy (non-hydrogen) atoms. The van der Waals surface area contributed by atoms with Crippen molar-refractivity contribution in [2.24, 2.45) is 11.8 Å². The van der Waals surface area contributed by atoms with Crippen LogP contribution < -0.4 is 5.32 Å². The van der Waals surface area contributed by atoms with Gasteiger partial charge in [-0.2, -0.15) is 0 Å². The first-order valence-electron chi connectivity index (χ1n) is 12.1. The maximum absolute atomic E-state index is 12.1. The Morgan fingerprint density at radius 2 is 1.81 bits per heavy atom. The van der Waals surface area contributed by atoms with Crippen molar-refractivity contribution < 1.29 is 24.2 Å². The number of carboxylic acids is 1. The molecule has 2 heterocycles. The molecular formula is C24H40N2O5. The molecule has 2 rings (SSSR count). The summed E-state index contributed by atoms with van der Waals surface area (Å²) in [7, 11) is 0. The van der Waals surface area contributed by atoms with Crippen LogP contribution in [0.1, 0.15) is 78.1 Å². The van der Waals surface area contributed by atoms with Gasteiger partial charge in [0.15, 0.2) is 0 Å². The Morgan fingerprint density at radius 3 is 2.48 bits per heavy atom. The summed E-state index contributed by atoms with van der Waals surface area (Å²) in [6.07, 6.45) is 13.8. The van der Waals surface area contributed by atoms with E-state index in [9.17, 15) is 14.4 Å². The van der Waals surface area contributed by atoms with Gasteiger partial charge in [0.1, 0.15) is 0 Å². The van der Waals surface area contributed by atoms with Crippen molar-refractivity contribution in [2.75, 3.05) is 19.6 Å². The van der Waals surface area contributed by atoms with Crippen LogP contribution in [-0.2, 0) is 19.1 Å². The van der Waals surface area contributed by atoms with Gasteiger partial charge in [0.25, 0.3) is 0 Å². The van der Waals surface area contributed by atoms with Gasteiger partial charge in [0.2, 0.25) is 0 Å². The first kappa shape index (κ1) is 25.4. The van der Waals surface area contributed by atoms with E-state index >= 15 is 0 Å². The molecule has 2 bridgehead atoms. The molecule has 0 unspecified atom stereocenters. The summed E-state index contributed by atoms with van der Waals surface area (Å²) < 4.78 is 6.16. The lowest BCUT2D eigenvalue weighted by atomic mass is 9.75. The smallest absolute Gasteiger partial charge is 0.311 e. The van der Waals surface area contributed by atoms with Crippen LogP contribution in [0.3, 0.4) is 0 Å². The summed E-state index contributed by atoms with van der Waals surface area (Å²) >= 11 is 0. The highest BCUT2D eigenvalue weighted by molar-refractivity contribution is 6.34. The third-order valence-corrected chi connectivity index (χ3v) is 6.53. The third kappa shape index (κ3) is 7.95. The van der Waals surface area contributed by atoms with E-state index in [0.29, 0.717) is 50.1 Å². The molecule has 2 fully saturated rings. The second-order valence-electron chi connectivity index (χ2n) is 8.75. The highest BCUT2D eigenvalue weighted by atomic mass is 16.5. The molecule has 0 radical (unpaired) electrons. The number of carbonyl (C=O) groups is 3. The molecule has 0 aromatic rings. The Hall–Kier alpha value is -1.89. The van der Waals surface area contributed by atoms with E-state index in [1.165, 1.54) is 0 Å². The van der Waals surface area contributed by atoms with Crippen molar-refractivity contribution in [3.8, 4) is 0 Å². The molecule has 4 atom stereocenters. The standard InChI is InChI=1S/C24H40N2O5/c1-3-17-26(4-2)24(30)23(29)25-16-10-9-12-19-18(20-14-15-21(19)31-20)11-7-5-6-8-13-22(27)28/h5,7,18-21H,3-4,6,8-17H2,1-2H3,(H,25,29)(H,27,28)/b7-5-/t18-,19+,20-,21+/m1/s1. The monoisotopic (exact) mass is 436 g/mol. The minimum atomic E-state index is -0.737. The predicted molar refractivity (Wildman–Crippen MR) is 120 cm³/mol. The van der Waals surface area contributed by atoms with Crippen molar-refractivity contribution in [3.63, 3.8) is 0 Å². The highest BCUT2D eigenvalue weighted by Gasteiger charge is 2.47. The van der Waals surface area contributed by atoms with Gasteiger partial charge in [-0.1, -0.05) is 25.5 Å². The molecule has 2 amide bonds. The molecule has 0 aromatic heterocycles. The van der Waals surface area contributed by atoms with E-state index in [2.05, 4.69) is 17.5 Å². The van der Waals surface area contributed by atoms with Crippen molar-refractivity contribution in [2.45, 2.75) is 90.3 Å². The van der Waals surface area contributed by atoms with E-state index in [1.54, 1.807) is 4.90 Å². The maximum Gasteiger partial charge on any atom is 0.311 e. The Bertz CT molecular complexity index is 621. The van der Waals surface area contributed by atoms with Gasteiger partial charge in [0.05, 0.1) is 12.2 Å². The lowest BCUT2D eigenvalue weighted by Gasteiger charge is -2.27. The average Bonchev–Trinajstić information content (AvgIpc) is 3.35. The number of carboxylic acid groups (broad SMARTS) is 1. The van der Waals surface area contributed by atoms with E-state index in [0.717, 1.165) is 51.4 Å². The van der Waals surface area contributed by atoms with Crippen molar-refractivity contribution >= 4 is 17.8 Å². The van der Waals surface area contributed by atoms with Crippen LogP contribution in [-0.4, -0.2) is 59.6 Å². The fraction of sp³-hybridized carbons (Fsp3) is 0.792. The van der Waals surface area contributed by atoms with Crippen molar-refractivity contribution in [3.05, 3.63) is 12.2 Å². The zero-order valence-corrected chi connectivity index (χ0v) is 19.2. The number of unbranched alkanes of at least 4 members (excludes halogenated alkanes) is 2. The summed E-state index contributed by atoms with van der Waals surface area (Å²) in [6, 6.07) is 0. The molecule has 7 nitrogen and oxygen atoms in total. The zero-order valence-electron chi connectivity index (χ0n) is 19.2. The number of ether oxygens (including phenoxy) is 1. The van der Waals surface area contributed by atoms with Crippen molar-refractivity contribution in [1.29, 1.82) is 0 Å². The fourth-order valence-electron chi connectivity index (χ4n) is 4.94. The Balaban J connectivity index is 1.67. The lowest BCUT2D eigenvalue weighted by molar-refractivity contribution is -0.145. The summed E-state index contributed by atoms with van der Waals surface area (Å²) in [4.78, 5) is 36.4. The Kier molecular flexibility index (Phi) is 11.1. The second kappa shape index (κ2) is 13.5. The van der Waals surface area contributed by atoms with Gasteiger partial charge in [-0.15, -0.1) is 0 Å². The van der Waals surface area contributed by atoms with Crippen LogP contribution in [0.5, 0.6) is 0 Å². The SMILES string of the molecule is CCCN(CC)C(=O)C(=O)NCCCC[C@H]1[C@@H](C/C=C\CCCC(=O)O)[C@H]2CC[C@@H]1O2. The number of hydrogen-bond acceptors (Lipinski definition) is 4. The molecule has 0 aliphatic carbocycles. The number of allylic oxidation sites excluding steroid dienone is 2. The average molecular weight is 437 g/mol. The first-order chi connectivity index (χ1) is 15.0. The normalized spacial score (nSPS) is 24.6. The minimum Gasteiger partial charge on any atom is -0.481 e. The number of nitrogens with one attached hydrogen (secondary N) is 1. The maximum atomic E-state index is 12.1. The van der Waals surface area contributed by atoms with E-state index in [-0.39, 0.29) is 6.42 Å². The van der Waals surface area contributed by atoms with E-state index < -0.39 is 17.8 Å². The number of nitrogens with zero attached hydrogens (tertiary/aromatic N) is 1. The number of amides is 2. The van der Waals surface area contributed by atoms with Crippen LogP contribution in [0.15, 0.2) is 12.2 Å². The number of aliphatic carboxylic acids is 1. The van der Waals surface area contributed by atoms with E-state index in [1.807, 2.05) is 13.8 Å². The third-order valence-electron chi connectivity index (χ3n) is 6.53. The van der Waals surface area contributed by atoms with Gasteiger partial charge in [-0.05, 0) is 70.1 Å². The Morgan fingerprint density at radius 1 is 1.06 bits per heavy atom. The summed E-state index contributed by atoms with van der Waals surface area (Å²) in [5.41, 5.74) is 0. The molecule has 7 heteroatoms. The van der Waals surface area contributed by atoms with Crippen LogP contribution in [0.2, 0.25) is 0 Å². The van der Waals surface area contributed by atoms with Gasteiger partial charge < -0.3 is 20.1 Å². The highest BCUT2D eigenvalue weighted by Crippen LogP contribution is 2.47. The van der Waals surface area contributed by atoms with Gasteiger partial charge in [-0.25, -0.2) is 0 Å². The summed E-state index contributed by atoms with van der Waals surface area (Å²) in [5.74, 6) is -0.567. The van der Waals surface area contributed by atoms with Gasteiger partial charge >= 0.3 is 17.8 Å². The minimum absolute atomic E-state index is 0.224. The number of fused-ring (bicyclic) bond motifs is 2. The fourth-order valence-corrected chi connectivity index (χ4v) is 4.94. The molecule has 0 saturated carbocycles. The second-order valence-corrected chi connectivity index (χ2v) is 8.75. The largest absolute Gasteiger partial charge is 0.481 e. The van der Waals surface area contributed by atoms with Crippen molar-refractivity contribution in [1.82, 2.24) is 10.2 Å². The summed E-state index contributed by atoms with van der Waals surface area (Å²) in [6.45, 7) is 5.59. The van der Waals surface area contributed by atoms with Crippen LogP contribution in [0.25, 0.3) is 0 Å². The number of hydrogen-bond donors (Lipinski definition) is 2. The number of likely N-dealkylation sites (N-methyl/N-ethyl adjacent to an activating group) is 1. The zero-order chi connectivity index (χ0) is 22.6.